The minimum atomic E-state index is -0.377. The van der Waals surface area contributed by atoms with E-state index in [1.165, 1.54) is 6.07 Å². The summed E-state index contributed by atoms with van der Waals surface area (Å²) in [4.78, 5) is 27.0. The molecule has 1 unspecified atom stereocenters. The third-order valence-electron chi connectivity index (χ3n) is 4.46. The van der Waals surface area contributed by atoms with Crippen LogP contribution in [0.15, 0.2) is 24.3 Å². The number of benzene rings is 1. The number of amides is 1. The van der Waals surface area contributed by atoms with Gasteiger partial charge in [0.25, 0.3) is 5.69 Å². The van der Waals surface area contributed by atoms with E-state index in [9.17, 15) is 14.9 Å². The third kappa shape index (κ3) is 4.18. The summed E-state index contributed by atoms with van der Waals surface area (Å²) in [5.41, 5.74) is 0.952. The number of nitro benzene ring substituents is 1. The van der Waals surface area contributed by atoms with Gasteiger partial charge < -0.3 is 15.1 Å². The van der Waals surface area contributed by atoms with Crippen molar-refractivity contribution in [3.63, 3.8) is 0 Å². The van der Waals surface area contributed by atoms with E-state index in [-0.39, 0.29) is 22.6 Å². The minimum absolute atomic E-state index is 0.104. The maximum Gasteiger partial charge on any atom is 0.271 e. The molecule has 2 aliphatic rings. The van der Waals surface area contributed by atoms with Crippen LogP contribution >= 0.6 is 11.8 Å². The molecule has 1 atom stereocenters. The van der Waals surface area contributed by atoms with Crippen LogP contribution in [-0.2, 0) is 4.79 Å². The number of thioether (sulfide) groups is 1. The van der Waals surface area contributed by atoms with E-state index in [0.717, 1.165) is 23.7 Å². The van der Waals surface area contributed by atoms with Gasteiger partial charge in [-0.3, -0.25) is 14.9 Å². The molecular weight excluding hydrogens is 328 g/mol. The first-order valence-corrected chi connectivity index (χ1v) is 9.37. The van der Waals surface area contributed by atoms with E-state index in [0.29, 0.717) is 32.6 Å². The topological polar surface area (TPSA) is 78.7 Å². The van der Waals surface area contributed by atoms with Crippen LogP contribution in [0.3, 0.4) is 0 Å². The number of hydrogen-bond donors (Lipinski definition) is 1. The minimum Gasteiger partial charge on any atom is -0.368 e. The highest BCUT2D eigenvalue weighted by atomic mass is 32.2. The summed E-state index contributed by atoms with van der Waals surface area (Å²) in [6.45, 7) is 3.73. The monoisotopic (exact) mass is 350 g/mol. The Kier molecular flexibility index (Phi) is 5.57. The molecule has 0 aromatic heterocycles. The van der Waals surface area contributed by atoms with Crippen LogP contribution in [0.5, 0.6) is 0 Å². The summed E-state index contributed by atoms with van der Waals surface area (Å²) in [7, 11) is 0. The van der Waals surface area contributed by atoms with E-state index in [4.69, 9.17) is 0 Å². The maximum atomic E-state index is 12.4. The van der Waals surface area contributed by atoms with Gasteiger partial charge in [0, 0.05) is 74.5 Å². The van der Waals surface area contributed by atoms with Gasteiger partial charge in [0.1, 0.15) is 0 Å². The molecule has 0 aliphatic carbocycles. The van der Waals surface area contributed by atoms with Crippen LogP contribution < -0.4 is 10.2 Å². The molecule has 1 aromatic carbocycles. The van der Waals surface area contributed by atoms with Gasteiger partial charge in [-0.25, -0.2) is 0 Å². The molecule has 1 aromatic rings. The molecule has 7 nitrogen and oxygen atoms in total. The highest BCUT2D eigenvalue weighted by Crippen LogP contribution is 2.22. The Morgan fingerprint density at radius 3 is 2.79 bits per heavy atom. The number of rotatable bonds is 4. The second kappa shape index (κ2) is 7.85. The molecule has 3 rings (SSSR count). The quantitative estimate of drug-likeness (QED) is 0.652. The first-order valence-electron chi connectivity index (χ1n) is 8.22. The Balaban J connectivity index is 1.52. The van der Waals surface area contributed by atoms with Crippen molar-refractivity contribution in [2.24, 2.45) is 0 Å². The van der Waals surface area contributed by atoms with E-state index in [1.54, 1.807) is 12.1 Å². The van der Waals surface area contributed by atoms with Crippen molar-refractivity contribution in [1.29, 1.82) is 0 Å². The third-order valence-corrected chi connectivity index (χ3v) is 5.59. The Morgan fingerprint density at radius 2 is 2.12 bits per heavy atom. The lowest BCUT2D eigenvalue weighted by Gasteiger charge is -2.37. The maximum absolute atomic E-state index is 12.4. The van der Waals surface area contributed by atoms with Gasteiger partial charge in [-0.2, -0.15) is 11.8 Å². The van der Waals surface area contributed by atoms with Crippen molar-refractivity contribution >= 4 is 29.0 Å². The van der Waals surface area contributed by atoms with E-state index < -0.39 is 0 Å². The van der Waals surface area contributed by atoms with Crippen LogP contribution in [0.25, 0.3) is 0 Å². The van der Waals surface area contributed by atoms with Crippen molar-refractivity contribution < 1.29 is 9.72 Å². The normalized spacial score (nSPS) is 21.6. The summed E-state index contributed by atoms with van der Waals surface area (Å²) in [5.74, 6) is 2.32. The molecule has 130 valence electrons. The standard InChI is InChI=1S/C16H22N4O3S/c21-16(10-13-12-24-9-4-17-13)19-7-5-18(6-8-19)14-2-1-3-15(11-14)20(22)23/h1-3,11,13,17H,4-10,12H2. The number of hydrogen-bond acceptors (Lipinski definition) is 6. The molecule has 0 bridgehead atoms. The predicted octanol–water partition coefficient (Wildman–Crippen LogP) is 1.34. The van der Waals surface area contributed by atoms with Crippen LogP contribution in [-0.4, -0.2) is 66.0 Å². The average molecular weight is 350 g/mol. The summed E-state index contributed by atoms with van der Waals surface area (Å²) in [6.07, 6.45) is 0.559. The number of piperazine rings is 1. The first-order chi connectivity index (χ1) is 11.6. The second-order valence-corrected chi connectivity index (χ2v) is 7.22. The lowest BCUT2D eigenvalue weighted by molar-refractivity contribution is -0.384. The predicted molar refractivity (Wildman–Crippen MR) is 95.6 cm³/mol. The highest BCUT2D eigenvalue weighted by molar-refractivity contribution is 7.99. The highest BCUT2D eigenvalue weighted by Gasteiger charge is 2.25. The lowest BCUT2D eigenvalue weighted by Crippen LogP contribution is -2.50. The number of carbonyl (C=O) groups excluding carboxylic acids is 1. The van der Waals surface area contributed by atoms with Crippen molar-refractivity contribution in [3.05, 3.63) is 34.4 Å². The Morgan fingerprint density at radius 1 is 1.33 bits per heavy atom. The zero-order valence-corrected chi connectivity index (χ0v) is 14.3. The molecule has 24 heavy (non-hydrogen) atoms. The van der Waals surface area contributed by atoms with Gasteiger partial charge in [0.2, 0.25) is 5.91 Å². The van der Waals surface area contributed by atoms with E-state index in [1.807, 2.05) is 22.7 Å². The molecular formula is C16H22N4O3S. The van der Waals surface area contributed by atoms with Gasteiger partial charge in [-0.05, 0) is 6.07 Å². The Hall–Kier alpha value is -1.80. The van der Waals surface area contributed by atoms with Crippen LogP contribution in [0.2, 0.25) is 0 Å². The van der Waals surface area contributed by atoms with Crippen LogP contribution in [0.4, 0.5) is 11.4 Å². The van der Waals surface area contributed by atoms with Crippen molar-refractivity contribution in [3.8, 4) is 0 Å². The van der Waals surface area contributed by atoms with Gasteiger partial charge >= 0.3 is 0 Å². The molecule has 2 fully saturated rings. The number of nitrogens with zero attached hydrogens (tertiary/aromatic N) is 3. The van der Waals surface area contributed by atoms with E-state index >= 15 is 0 Å². The fourth-order valence-electron chi connectivity index (χ4n) is 3.11. The van der Waals surface area contributed by atoms with Crippen LogP contribution in [0, 0.1) is 10.1 Å². The molecule has 0 spiro atoms. The lowest BCUT2D eigenvalue weighted by atomic mass is 10.1. The zero-order chi connectivity index (χ0) is 16.9. The van der Waals surface area contributed by atoms with Crippen LogP contribution in [0.1, 0.15) is 6.42 Å². The van der Waals surface area contributed by atoms with Crippen molar-refractivity contribution in [1.82, 2.24) is 10.2 Å². The fourth-order valence-corrected chi connectivity index (χ4v) is 4.06. The summed E-state index contributed by atoms with van der Waals surface area (Å²) in [5, 5.41) is 14.3. The molecule has 8 heteroatoms. The number of nitro groups is 1. The second-order valence-electron chi connectivity index (χ2n) is 6.07. The van der Waals surface area contributed by atoms with Crippen molar-refractivity contribution in [2.45, 2.75) is 12.5 Å². The first kappa shape index (κ1) is 17.0. The smallest absolute Gasteiger partial charge is 0.271 e. The largest absolute Gasteiger partial charge is 0.368 e. The number of carbonyl (C=O) groups is 1. The number of non-ortho nitro benzene ring substituents is 1. The Labute approximate surface area is 145 Å². The average Bonchev–Trinajstić information content (AvgIpc) is 2.63. The number of anilines is 1. The summed E-state index contributed by atoms with van der Waals surface area (Å²) >= 11 is 1.90. The fraction of sp³-hybridized carbons (Fsp3) is 0.562. The van der Waals surface area contributed by atoms with Gasteiger partial charge in [0.05, 0.1) is 4.92 Å². The van der Waals surface area contributed by atoms with Crippen molar-refractivity contribution in [2.75, 3.05) is 49.1 Å². The van der Waals surface area contributed by atoms with Gasteiger partial charge in [0.15, 0.2) is 0 Å². The zero-order valence-electron chi connectivity index (χ0n) is 13.5. The van der Waals surface area contributed by atoms with Gasteiger partial charge in [-0.15, -0.1) is 0 Å². The summed E-state index contributed by atoms with van der Waals surface area (Å²) < 4.78 is 0. The molecule has 2 saturated heterocycles. The number of nitrogens with one attached hydrogen (secondary N) is 1. The molecule has 0 radical (unpaired) electrons. The SMILES string of the molecule is O=C(CC1CSCCN1)N1CCN(c2cccc([N+](=O)[O-])c2)CC1. The molecule has 1 N–H and O–H groups in total. The molecule has 2 heterocycles. The molecule has 1 amide bonds. The molecule has 2 aliphatic heterocycles. The summed E-state index contributed by atoms with van der Waals surface area (Å²) in [6, 6.07) is 6.97. The Bertz CT molecular complexity index is 599. The van der Waals surface area contributed by atoms with Gasteiger partial charge in [-0.1, -0.05) is 6.07 Å². The molecule has 0 saturated carbocycles. The van der Waals surface area contributed by atoms with E-state index in [2.05, 4.69) is 10.2 Å².